The quantitative estimate of drug-likeness (QED) is 0.410. The first-order valence-corrected chi connectivity index (χ1v) is 13.7. The number of carbonyl (C=O) groups excluding carboxylic acids is 4. The van der Waals surface area contributed by atoms with Gasteiger partial charge in [-0.15, -0.1) is 0 Å². The highest BCUT2D eigenvalue weighted by Crippen LogP contribution is 2.33. The summed E-state index contributed by atoms with van der Waals surface area (Å²) in [5, 5.41) is 2.73. The van der Waals surface area contributed by atoms with Crippen LogP contribution in [0.5, 0.6) is 0 Å². The van der Waals surface area contributed by atoms with Crippen LogP contribution in [0.15, 0.2) is 36.4 Å². The van der Waals surface area contributed by atoms with Crippen molar-refractivity contribution < 1.29 is 23.9 Å². The number of benzene rings is 2. The second-order valence-electron chi connectivity index (χ2n) is 10.5. The lowest BCUT2D eigenvalue weighted by molar-refractivity contribution is -0.145. The Morgan fingerprint density at radius 2 is 1.72 bits per heavy atom. The van der Waals surface area contributed by atoms with E-state index in [1.165, 1.54) is 12.0 Å². The van der Waals surface area contributed by atoms with Gasteiger partial charge in [0.2, 0.25) is 11.8 Å². The van der Waals surface area contributed by atoms with E-state index in [2.05, 4.69) is 12.2 Å². The number of hydrogen-bond acceptors (Lipinski definition) is 6. The van der Waals surface area contributed by atoms with Gasteiger partial charge in [-0.1, -0.05) is 56.5 Å². The zero-order valence-electron chi connectivity index (χ0n) is 23.7. The Hall–Kier alpha value is -3.52. The molecule has 4 bridgehead atoms. The highest BCUT2D eigenvalue weighted by atomic mass is 16.5. The molecule has 3 N–H and O–H groups in total. The minimum absolute atomic E-state index is 0.0966. The van der Waals surface area contributed by atoms with Gasteiger partial charge < -0.3 is 20.7 Å². The van der Waals surface area contributed by atoms with Crippen LogP contribution < -0.4 is 11.1 Å². The molecular formula is C31H41N3O5. The van der Waals surface area contributed by atoms with Crippen molar-refractivity contribution >= 4 is 23.6 Å². The van der Waals surface area contributed by atoms with Crippen LogP contribution in [-0.4, -0.2) is 54.7 Å². The molecule has 0 radical (unpaired) electrons. The number of rotatable bonds is 7. The Morgan fingerprint density at radius 1 is 1.05 bits per heavy atom. The number of aryl methyl sites for hydroxylation is 2. The number of ketones is 1. The number of carbonyl (C=O) groups is 4. The zero-order valence-corrected chi connectivity index (χ0v) is 23.7. The average Bonchev–Trinajstić information content (AvgIpc) is 2.92. The molecule has 0 fully saturated rings. The van der Waals surface area contributed by atoms with Crippen molar-refractivity contribution in [2.45, 2.75) is 83.8 Å². The molecule has 2 aromatic rings. The van der Waals surface area contributed by atoms with Gasteiger partial charge in [-0.05, 0) is 59.7 Å². The SMILES string of the molecule is CCCCC[C@H](N)C(=O)N(C)[C@@H]1C(=O)CCC(=O)N[C@H](C(=O)OC)Cc2ccc(C)c(c2)-c2cc1ccc2C. The highest BCUT2D eigenvalue weighted by molar-refractivity contribution is 5.94. The molecule has 0 spiro atoms. The van der Waals surface area contributed by atoms with E-state index >= 15 is 0 Å². The van der Waals surface area contributed by atoms with Crippen molar-refractivity contribution in [2.75, 3.05) is 14.2 Å². The summed E-state index contributed by atoms with van der Waals surface area (Å²) in [5.74, 6) is -1.56. The largest absolute Gasteiger partial charge is 0.467 e. The fraction of sp³-hybridized carbons (Fsp3) is 0.484. The van der Waals surface area contributed by atoms with Gasteiger partial charge in [0.1, 0.15) is 12.1 Å². The Bertz CT molecular complexity index is 1220. The van der Waals surface area contributed by atoms with Crippen molar-refractivity contribution in [1.82, 2.24) is 10.2 Å². The number of nitrogens with zero attached hydrogens (tertiary/aromatic N) is 1. The summed E-state index contributed by atoms with van der Waals surface area (Å²) in [7, 11) is 2.88. The summed E-state index contributed by atoms with van der Waals surface area (Å²) in [6, 6.07) is 9.20. The summed E-state index contributed by atoms with van der Waals surface area (Å²) in [6.45, 7) is 6.09. The van der Waals surface area contributed by atoms with Crippen molar-refractivity contribution in [1.29, 1.82) is 0 Å². The molecular weight excluding hydrogens is 494 g/mol. The second kappa shape index (κ2) is 13.5. The van der Waals surface area contributed by atoms with Gasteiger partial charge in [-0.2, -0.15) is 0 Å². The van der Waals surface area contributed by atoms with Crippen LogP contribution in [0.2, 0.25) is 0 Å². The van der Waals surface area contributed by atoms with Crippen LogP contribution in [0.3, 0.4) is 0 Å². The Kier molecular flexibility index (Phi) is 10.4. The number of Topliss-reactive ketones (excluding diaryl/α,β-unsaturated/α-hetero) is 1. The first kappa shape index (κ1) is 30.0. The number of esters is 1. The third-order valence-electron chi connectivity index (χ3n) is 7.50. The van der Waals surface area contributed by atoms with E-state index in [0.29, 0.717) is 12.0 Å². The molecule has 210 valence electrons. The van der Waals surface area contributed by atoms with E-state index in [9.17, 15) is 19.2 Å². The second-order valence-corrected chi connectivity index (χ2v) is 10.5. The Labute approximate surface area is 231 Å². The highest BCUT2D eigenvalue weighted by Gasteiger charge is 2.32. The van der Waals surface area contributed by atoms with Gasteiger partial charge in [0, 0.05) is 26.3 Å². The van der Waals surface area contributed by atoms with Gasteiger partial charge in [0.05, 0.1) is 13.2 Å². The van der Waals surface area contributed by atoms with Gasteiger partial charge in [0.15, 0.2) is 5.78 Å². The molecule has 0 saturated carbocycles. The molecule has 0 unspecified atom stereocenters. The summed E-state index contributed by atoms with van der Waals surface area (Å²) < 4.78 is 4.93. The molecule has 1 aliphatic heterocycles. The van der Waals surface area contributed by atoms with E-state index in [-0.39, 0.29) is 31.0 Å². The maximum absolute atomic E-state index is 13.7. The molecule has 2 amide bonds. The molecule has 0 saturated heterocycles. The van der Waals surface area contributed by atoms with E-state index in [0.717, 1.165) is 47.1 Å². The number of fused-ring (bicyclic) bond motifs is 5. The number of amides is 2. The molecule has 3 atom stereocenters. The number of nitrogens with two attached hydrogens (primary N) is 1. The minimum Gasteiger partial charge on any atom is -0.467 e. The third kappa shape index (κ3) is 7.32. The molecule has 3 rings (SSSR count). The fourth-order valence-electron chi connectivity index (χ4n) is 5.15. The molecule has 0 aliphatic carbocycles. The number of ether oxygens (including phenoxy) is 1. The van der Waals surface area contributed by atoms with Crippen LogP contribution in [-0.2, 0) is 30.3 Å². The van der Waals surface area contributed by atoms with Crippen LogP contribution in [0.1, 0.15) is 73.7 Å². The molecule has 0 aromatic heterocycles. The molecule has 1 aliphatic rings. The predicted octanol–water partition coefficient (Wildman–Crippen LogP) is 3.94. The third-order valence-corrected chi connectivity index (χ3v) is 7.50. The lowest BCUT2D eigenvalue weighted by Gasteiger charge is -2.30. The van der Waals surface area contributed by atoms with Crippen LogP contribution in [0, 0.1) is 13.8 Å². The standard InChI is InChI=1S/C31H41N3O5/c1-6-7-8-9-25(32)30(37)34(4)29-22-13-11-20(3)24(18-22)23-16-21(12-10-19(23)2)17-26(31(38)39-5)33-28(36)15-14-27(29)35/h10-13,16,18,25-26,29H,6-9,14-15,17,32H2,1-5H3,(H,33,36)/t25-,26-,29-/m0/s1. The molecule has 8 heteroatoms. The maximum atomic E-state index is 13.7. The van der Waals surface area contributed by atoms with Gasteiger partial charge in [0.25, 0.3) is 0 Å². The predicted molar refractivity (Wildman–Crippen MR) is 151 cm³/mol. The van der Waals surface area contributed by atoms with Crippen molar-refractivity contribution in [3.05, 3.63) is 58.7 Å². The molecule has 2 aromatic carbocycles. The number of nitrogens with one attached hydrogen (secondary N) is 1. The lowest BCUT2D eigenvalue weighted by atomic mass is 9.88. The monoisotopic (exact) mass is 535 g/mol. The van der Waals surface area contributed by atoms with Crippen molar-refractivity contribution in [2.24, 2.45) is 5.73 Å². The Morgan fingerprint density at radius 3 is 2.38 bits per heavy atom. The van der Waals surface area contributed by atoms with Crippen LogP contribution in [0.4, 0.5) is 0 Å². The van der Waals surface area contributed by atoms with E-state index in [1.54, 1.807) is 7.05 Å². The summed E-state index contributed by atoms with van der Waals surface area (Å²) >= 11 is 0. The normalized spacial score (nSPS) is 18.5. The average molecular weight is 536 g/mol. The number of methoxy groups -OCH3 is 1. The van der Waals surface area contributed by atoms with E-state index in [1.807, 2.05) is 50.2 Å². The Balaban J connectivity index is 2.10. The van der Waals surface area contributed by atoms with E-state index < -0.39 is 30.0 Å². The number of hydrogen-bond donors (Lipinski definition) is 2. The summed E-state index contributed by atoms with van der Waals surface area (Å²) in [4.78, 5) is 53.7. The number of unbranched alkanes of at least 4 members (excludes halogenated alkanes) is 2. The number of likely N-dealkylation sites (N-methyl/N-ethyl adjacent to an activating group) is 1. The van der Waals surface area contributed by atoms with Gasteiger partial charge >= 0.3 is 5.97 Å². The lowest BCUT2D eigenvalue weighted by Crippen LogP contribution is -2.46. The van der Waals surface area contributed by atoms with Crippen molar-refractivity contribution in [3.63, 3.8) is 0 Å². The van der Waals surface area contributed by atoms with Gasteiger partial charge in [-0.25, -0.2) is 4.79 Å². The topological polar surface area (TPSA) is 119 Å². The fourth-order valence-corrected chi connectivity index (χ4v) is 5.15. The minimum atomic E-state index is -0.898. The summed E-state index contributed by atoms with van der Waals surface area (Å²) in [6.07, 6.45) is 3.42. The smallest absolute Gasteiger partial charge is 0.328 e. The van der Waals surface area contributed by atoms with Crippen molar-refractivity contribution in [3.8, 4) is 11.1 Å². The summed E-state index contributed by atoms with van der Waals surface area (Å²) in [5.41, 5.74) is 11.7. The van der Waals surface area contributed by atoms with Crippen LogP contribution >= 0.6 is 0 Å². The first-order valence-electron chi connectivity index (χ1n) is 13.7. The molecule has 8 nitrogen and oxygen atoms in total. The van der Waals surface area contributed by atoms with E-state index in [4.69, 9.17) is 10.5 Å². The zero-order chi connectivity index (χ0) is 28.7. The molecule has 39 heavy (non-hydrogen) atoms. The van der Waals surface area contributed by atoms with Gasteiger partial charge in [-0.3, -0.25) is 14.4 Å². The maximum Gasteiger partial charge on any atom is 0.328 e. The van der Waals surface area contributed by atoms with Crippen LogP contribution in [0.25, 0.3) is 11.1 Å². The molecule has 1 heterocycles. The first-order chi connectivity index (χ1) is 18.6.